The van der Waals surface area contributed by atoms with Crippen molar-refractivity contribution in [3.8, 4) is 0 Å². The Morgan fingerprint density at radius 3 is 2.44 bits per heavy atom. The molecule has 0 atom stereocenters. The maximum Gasteiger partial charge on any atom is 0.342 e. The zero-order valence-corrected chi connectivity index (χ0v) is 9.77. The second kappa shape index (κ2) is 4.93. The van der Waals surface area contributed by atoms with Crippen molar-refractivity contribution in [1.29, 1.82) is 0 Å². The summed E-state index contributed by atoms with van der Waals surface area (Å²) in [6, 6.07) is 6.01. The molecule has 1 rings (SSSR count). The van der Waals surface area contributed by atoms with Crippen LogP contribution in [-0.2, 0) is 14.9 Å². The van der Waals surface area contributed by atoms with E-state index in [9.17, 15) is 13.6 Å². The molecule has 16 heavy (non-hydrogen) atoms. The Kier molecular flexibility index (Phi) is 3.83. The summed E-state index contributed by atoms with van der Waals surface area (Å²) in [5.41, 5.74) is 0.919. The zero-order chi connectivity index (χ0) is 12.2. The molecule has 0 saturated carbocycles. The van der Waals surface area contributed by atoms with Gasteiger partial charge in [-0.2, -0.15) is 8.42 Å². The predicted octanol–water partition coefficient (Wildman–Crippen LogP) is 1.60. The number of sulfonamides is 1. The first-order valence-corrected chi connectivity index (χ1v) is 6.04. The minimum Gasteiger partial charge on any atom is -0.380 e. The average Bonchev–Trinajstić information content (AvgIpc) is 2.17. The lowest BCUT2D eigenvalue weighted by Gasteiger charge is -1.99. The van der Waals surface area contributed by atoms with E-state index in [1.807, 2.05) is 6.92 Å². The second-order valence-corrected chi connectivity index (χ2v) is 4.61. The molecule has 0 aliphatic rings. The summed E-state index contributed by atoms with van der Waals surface area (Å²) in [7, 11) is -3.99. The summed E-state index contributed by atoms with van der Waals surface area (Å²) < 4.78 is 26.0. The Hall–Kier alpha value is -1.63. The van der Waals surface area contributed by atoms with Gasteiger partial charge in [0.2, 0.25) is 0 Å². The normalized spacial score (nSPS) is 12.5. The first kappa shape index (κ1) is 12.4. The van der Waals surface area contributed by atoms with Crippen molar-refractivity contribution >= 4 is 10.0 Å². The maximum atomic E-state index is 11.5. The van der Waals surface area contributed by atoms with Crippen LogP contribution in [0.5, 0.6) is 0 Å². The highest BCUT2D eigenvalue weighted by Gasteiger charge is 2.18. The fourth-order valence-corrected chi connectivity index (χ4v) is 1.78. The van der Waals surface area contributed by atoms with Crippen LogP contribution in [0, 0.1) is 12.1 Å². The average molecular weight is 244 g/mol. The summed E-state index contributed by atoms with van der Waals surface area (Å²) in [6.45, 7) is 3.43. The van der Waals surface area contributed by atoms with Crippen molar-refractivity contribution in [3.05, 3.63) is 35.0 Å². The Balaban J connectivity index is 3.03. The number of nitrogens with zero attached hydrogens (tertiary/aromatic N) is 2. The highest BCUT2D eigenvalue weighted by molar-refractivity contribution is 7.89. The van der Waals surface area contributed by atoms with E-state index >= 15 is 0 Å². The third-order valence-corrected chi connectivity index (χ3v) is 2.95. The SMILES string of the molecule is CCO/[N+]([O-])=N\S(=O)(=O)c1ccc(C)cc1. The van der Waals surface area contributed by atoms with Gasteiger partial charge in [0.25, 0.3) is 0 Å². The van der Waals surface area contributed by atoms with E-state index in [0.29, 0.717) is 0 Å². The van der Waals surface area contributed by atoms with Crippen LogP contribution < -0.4 is 0 Å². The molecule has 88 valence electrons. The minimum atomic E-state index is -3.99. The lowest BCUT2D eigenvalue weighted by Crippen LogP contribution is -2.07. The first-order chi connectivity index (χ1) is 7.45. The number of hydrogen-bond acceptors (Lipinski definition) is 4. The third-order valence-electron chi connectivity index (χ3n) is 1.73. The molecule has 0 unspecified atom stereocenters. The van der Waals surface area contributed by atoms with Crippen molar-refractivity contribution in [1.82, 2.24) is 0 Å². The molecule has 0 fully saturated rings. The van der Waals surface area contributed by atoms with Crippen LogP contribution in [0.25, 0.3) is 0 Å². The summed E-state index contributed by atoms with van der Waals surface area (Å²) in [6.07, 6.45) is 0. The number of rotatable bonds is 4. The monoisotopic (exact) mass is 244 g/mol. The molecule has 0 N–H and O–H groups in total. The molecule has 7 heteroatoms. The van der Waals surface area contributed by atoms with Crippen molar-refractivity contribution in [2.45, 2.75) is 18.7 Å². The van der Waals surface area contributed by atoms with Gasteiger partial charge in [-0.1, -0.05) is 24.6 Å². The molecule has 0 spiro atoms. The molecule has 0 aliphatic heterocycles. The Labute approximate surface area is 93.8 Å². The molecule has 0 heterocycles. The molecule has 0 amide bonds. The van der Waals surface area contributed by atoms with E-state index in [2.05, 4.69) is 9.36 Å². The van der Waals surface area contributed by atoms with Crippen LogP contribution in [0.2, 0.25) is 0 Å². The third kappa shape index (κ3) is 3.20. The van der Waals surface area contributed by atoms with Crippen LogP contribution in [0.1, 0.15) is 12.5 Å². The van der Waals surface area contributed by atoms with Gasteiger partial charge in [0.15, 0.2) is 9.54 Å². The van der Waals surface area contributed by atoms with Gasteiger partial charge in [0.05, 0.1) is 11.5 Å². The van der Waals surface area contributed by atoms with Crippen molar-refractivity contribution in [3.63, 3.8) is 0 Å². The molecule has 0 aromatic heterocycles. The van der Waals surface area contributed by atoms with Gasteiger partial charge < -0.3 is 4.84 Å². The van der Waals surface area contributed by atoms with Crippen LogP contribution in [-0.4, -0.2) is 20.0 Å². The van der Waals surface area contributed by atoms with Crippen molar-refractivity contribution in [2.24, 2.45) is 4.52 Å². The summed E-state index contributed by atoms with van der Waals surface area (Å²) in [5.74, 6) is 0. The summed E-state index contributed by atoms with van der Waals surface area (Å²) in [5, 5.41) is 10.6. The fourth-order valence-electron chi connectivity index (χ4n) is 0.979. The molecular weight excluding hydrogens is 232 g/mol. The number of benzene rings is 1. The minimum absolute atomic E-state index is 0.0429. The zero-order valence-electron chi connectivity index (χ0n) is 8.95. The largest absolute Gasteiger partial charge is 0.380 e. The Bertz CT molecular complexity index is 479. The molecule has 0 saturated heterocycles. The lowest BCUT2D eigenvalue weighted by molar-refractivity contribution is -0.784. The number of aryl methyl sites for hydroxylation is 1. The van der Waals surface area contributed by atoms with Crippen LogP contribution >= 0.6 is 0 Å². The van der Waals surface area contributed by atoms with Gasteiger partial charge in [-0.15, -0.1) is 0 Å². The van der Waals surface area contributed by atoms with E-state index in [1.54, 1.807) is 19.1 Å². The smallest absolute Gasteiger partial charge is 0.342 e. The van der Waals surface area contributed by atoms with Gasteiger partial charge >= 0.3 is 10.0 Å². The maximum absolute atomic E-state index is 11.5. The lowest BCUT2D eigenvalue weighted by atomic mass is 10.2. The van der Waals surface area contributed by atoms with E-state index in [-0.39, 0.29) is 16.5 Å². The van der Waals surface area contributed by atoms with Gasteiger partial charge in [-0.25, -0.2) is 5.21 Å². The van der Waals surface area contributed by atoms with E-state index < -0.39 is 10.0 Å². The molecule has 1 aromatic rings. The Morgan fingerprint density at radius 1 is 1.38 bits per heavy atom. The molecule has 1 aromatic carbocycles. The van der Waals surface area contributed by atoms with E-state index in [0.717, 1.165) is 5.56 Å². The fraction of sp³-hybridized carbons (Fsp3) is 0.333. The Morgan fingerprint density at radius 2 is 1.94 bits per heavy atom. The standard InChI is InChI=1S/C9H12N2O4S/c1-3-15-11(12)10-16(13,14)9-6-4-8(2)5-7-9/h4-7H,3H2,1-2H3/b11-10-. The van der Waals surface area contributed by atoms with Crippen molar-refractivity contribution in [2.75, 3.05) is 6.61 Å². The highest BCUT2D eigenvalue weighted by atomic mass is 32.2. The molecule has 6 nitrogen and oxygen atoms in total. The molecule has 0 bridgehead atoms. The van der Waals surface area contributed by atoms with Crippen LogP contribution in [0.15, 0.2) is 33.7 Å². The van der Waals surface area contributed by atoms with Crippen LogP contribution in [0.4, 0.5) is 0 Å². The first-order valence-electron chi connectivity index (χ1n) is 4.60. The highest BCUT2D eigenvalue weighted by Crippen LogP contribution is 2.13. The van der Waals surface area contributed by atoms with Crippen molar-refractivity contribution < 1.29 is 18.3 Å². The summed E-state index contributed by atoms with van der Waals surface area (Å²) >= 11 is 0. The van der Waals surface area contributed by atoms with Gasteiger partial charge in [0.1, 0.15) is 0 Å². The second-order valence-electron chi connectivity index (χ2n) is 3.03. The van der Waals surface area contributed by atoms with Crippen LogP contribution in [0.3, 0.4) is 0 Å². The quantitative estimate of drug-likeness (QED) is 0.595. The van der Waals surface area contributed by atoms with Gasteiger partial charge in [0, 0.05) is 0 Å². The van der Waals surface area contributed by atoms with E-state index in [1.165, 1.54) is 12.1 Å². The van der Waals surface area contributed by atoms with E-state index in [4.69, 9.17) is 0 Å². The summed E-state index contributed by atoms with van der Waals surface area (Å²) in [4.78, 5) is 4.31. The van der Waals surface area contributed by atoms with Gasteiger partial charge in [-0.05, 0) is 19.1 Å². The molecule has 0 radical (unpaired) electrons. The molecular formula is C9H12N2O4S. The van der Waals surface area contributed by atoms with Gasteiger partial charge in [-0.3, -0.25) is 0 Å². The topological polar surface area (TPSA) is 81.8 Å². The number of hydrogen-bond donors (Lipinski definition) is 0. The molecule has 0 aliphatic carbocycles. The predicted molar refractivity (Wildman–Crippen MR) is 56.0 cm³/mol.